The monoisotopic (exact) mass is 388 g/mol. The van der Waals surface area contributed by atoms with E-state index in [2.05, 4.69) is 11.6 Å². The number of rotatable bonds is 5. The highest BCUT2D eigenvalue weighted by Gasteiger charge is 2.20. The van der Waals surface area contributed by atoms with E-state index in [1.807, 2.05) is 26.0 Å². The lowest BCUT2D eigenvalue weighted by Gasteiger charge is -2.11. The van der Waals surface area contributed by atoms with Crippen LogP contribution in [0.4, 0.5) is 5.69 Å². The van der Waals surface area contributed by atoms with E-state index >= 15 is 0 Å². The molecule has 0 aliphatic carbocycles. The highest BCUT2D eigenvalue weighted by molar-refractivity contribution is 6.52. The molecule has 0 radical (unpaired) electrons. The van der Waals surface area contributed by atoms with E-state index in [1.54, 1.807) is 6.92 Å². The van der Waals surface area contributed by atoms with Crippen LogP contribution in [0.25, 0.3) is 5.70 Å². The van der Waals surface area contributed by atoms with Crippen molar-refractivity contribution in [2.24, 2.45) is 10.7 Å². The number of benzene rings is 2. The maximum absolute atomic E-state index is 12.8. The number of halogens is 2. The molecule has 6 heteroatoms. The van der Waals surface area contributed by atoms with Gasteiger partial charge in [-0.15, -0.1) is 0 Å². The van der Waals surface area contributed by atoms with Crippen molar-refractivity contribution >= 4 is 52.4 Å². The summed E-state index contributed by atoms with van der Waals surface area (Å²) in [5, 5.41) is 0.193. The fourth-order valence-electron chi connectivity index (χ4n) is 2.58. The van der Waals surface area contributed by atoms with Crippen LogP contribution in [0.3, 0.4) is 0 Å². The fourth-order valence-corrected chi connectivity index (χ4v) is 3.17. The van der Waals surface area contributed by atoms with Crippen molar-refractivity contribution in [2.75, 3.05) is 0 Å². The molecule has 0 bridgehead atoms. The normalized spacial score (nSPS) is 11.3. The van der Waals surface area contributed by atoms with Gasteiger partial charge in [-0.3, -0.25) is 9.59 Å². The van der Waals surface area contributed by atoms with Crippen molar-refractivity contribution in [1.29, 1.82) is 0 Å². The lowest BCUT2D eigenvalue weighted by molar-refractivity contribution is 0.106. The Labute approximate surface area is 162 Å². The smallest absolute Gasteiger partial charge is 0.209 e. The molecule has 0 aliphatic heterocycles. The van der Waals surface area contributed by atoms with Crippen LogP contribution < -0.4 is 5.73 Å². The second-order valence-electron chi connectivity index (χ2n) is 5.95. The number of Topliss-reactive ketones (excluding diaryl/α,β-unsaturated/α-hetero) is 1. The van der Waals surface area contributed by atoms with E-state index < -0.39 is 5.78 Å². The van der Waals surface area contributed by atoms with Crippen molar-refractivity contribution in [3.8, 4) is 0 Å². The first kappa shape index (κ1) is 19.9. The first-order chi connectivity index (χ1) is 12.2. The van der Waals surface area contributed by atoms with Crippen molar-refractivity contribution in [3.63, 3.8) is 0 Å². The first-order valence-electron chi connectivity index (χ1n) is 7.76. The minimum absolute atomic E-state index is 0.0234. The third-order valence-corrected chi connectivity index (χ3v) is 4.67. The zero-order valence-corrected chi connectivity index (χ0v) is 16.2. The van der Waals surface area contributed by atoms with Gasteiger partial charge in [0.1, 0.15) is 0 Å². The van der Waals surface area contributed by atoms with Crippen LogP contribution in [-0.4, -0.2) is 17.8 Å². The van der Waals surface area contributed by atoms with Crippen LogP contribution in [-0.2, 0) is 0 Å². The van der Waals surface area contributed by atoms with Crippen LogP contribution >= 0.6 is 23.2 Å². The number of carbonyl (C=O) groups excluding carboxylic acids is 2. The molecule has 0 saturated heterocycles. The second kappa shape index (κ2) is 7.85. The number of hydrogen-bond acceptors (Lipinski definition) is 4. The summed E-state index contributed by atoms with van der Waals surface area (Å²) in [6.45, 7) is 9.07. The summed E-state index contributed by atoms with van der Waals surface area (Å²) in [5.41, 5.74) is 9.88. The van der Waals surface area contributed by atoms with Crippen LogP contribution in [0.15, 0.2) is 35.8 Å². The lowest BCUT2D eigenvalue weighted by atomic mass is 10.0. The molecule has 2 rings (SSSR count). The molecule has 0 aromatic heterocycles. The van der Waals surface area contributed by atoms with E-state index in [-0.39, 0.29) is 26.9 Å². The van der Waals surface area contributed by atoms with E-state index in [0.717, 1.165) is 16.7 Å². The molecule has 0 heterocycles. The van der Waals surface area contributed by atoms with E-state index in [0.29, 0.717) is 17.7 Å². The van der Waals surface area contributed by atoms with Crippen LogP contribution in [0.1, 0.15) is 44.3 Å². The van der Waals surface area contributed by atoms with E-state index in [1.165, 1.54) is 12.1 Å². The summed E-state index contributed by atoms with van der Waals surface area (Å²) in [6.07, 6.45) is 0.578. The summed E-state index contributed by atoms with van der Waals surface area (Å²) in [7, 11) is 0. The Balaban J connectivity index is 2.53. The van der Waals surface area contributed by atoms with Crippen LogP contribution in [0, 0.1) is 13.8 Å². The van der Waals surface area contributed by atoms with Crippen molar-refractivity contribution in [2.45, 2.75) is 20.8 Å². The van der Waals surface area contributed by atoms with Gasteiger partial charge in [-0.25, -0.2) is 4.99 Å². The summed E-state index contributed by atoms with van der Waals surface area (Å²) >= 11 is 12.3. The second-order valence-corrected chi connectivity index (χ2v) is 6.74. The maximum Gasteiger partial charge on any atom is 0.209 e. The van der Waals surface area contributed by atoms with Gasteiger partial charge in [-0.1, -0.05) is 29.8 Å². The molecular formula is C20H18Cl2N2O2. The largest absolute Gasteiger partial charge is 0.399 e. The minimum atomic E-state index is -0.435. The predicted octanol–water partition coefficient (Wildman–Crippen LogP) is 5.33. The van der Waals surface area contributed by atoms with Gasteiger partial charge in [0.05, 0.1) is 27.0 Å². The Hall–Kier alpha value is -2.43. The van der Waals surface area contributed by atoms with Gasteiger partial charge in [0.25, 0.3) is 0 Å². The topological polar surface area (TPSA) is 72.5 Å². The molecular weight excluding hydrogens is 371 g/mol. The fraction of sp³-hybridized carbons (Fsp3) is 0.150. The Bertz CT molecular complexity index is 940. The maximum atomic E-state index is 12.8. The Morgan fingerprint density at radius 2 is 1.77 bits per heavy atom. The summed E-state index contributed by atoms with van der Waals surface area (Å²) in [5.74, 6) is -0.435. The standard InChI is InChI=1S/C20H18Cl2N2O2/c1-10-7-15(12(3)23)8-11(2)19(10)24-13(4)20(26)17-16(21)6-5-14(9-25)18(17)22/h5-9H,3,23H2,1-2,4H3. The van der Waals surface area contributed by atoms with E-state index in [4.69, 9.17) is 28.9 Å². The third-order valence-electron chi connectivity index (χ3n) is 3.94. The Morgan fingerprint density at radius 1 is 1.19 bits per heavy atom. The van der Waals surface area contributed by atoms with Gasteiger partial charge in [-0.05, 0) is 61.7 Å². The zero-order chi connectivity index (χ0) is 19.6. The number of nitrogens with two attached hydrogens (primary N) is 1. The Kier molecular flexibility index (Phi) is 6.01. The number of aliphatic imine (C=N–C) groups is 1. The number of carbonyl (C=O) groups is 2. The zero-order valence-electron chi connectivity index (χ0n) is 14.7. The van der Waals surface area contributed by atoms with Crippen molar-refractivity contribution in [3.05, 3.63) is 68.7 Å². The van der Waals surface area contributed by atoms with Gasteiger partial charge < -0.3 is 5.73 Å². The van der Waals surface area contributed by atoms with E-state index in [9.17, 15) is 9.59 Å². The highest BCUT2D eigenvalue weighted by Crippen LogP contribution is 2.30. The molecule has 0 unspecified atom stereocenters. The molecule has 0 fully saturated rings. The molecule has 4 nitrogen and oxygen atoms in total. The van der Waals surface area contributed by atoms with Crippen molar-refractivity contribution < 1.29 is 9.59 Å². The lowest BCUT2D eigenvalue weighted by Crippen LogP contribution is -2.13. The Morgan fingerprint density at radius 3 is 2.27 bits per heavy atom. The number of hydrogen-bond donors (Lipinski definition) is 1. The van der Waals surface area contributed by atoms with Gasteiger partial charge in [0.15, 0.2) is 6.29 Å². The van der Waals surface area contributed by atoms with Gasteiger partial charge in [-0.2, -0.15) is 0 Å². The molecule has 2 N–H and O–H groups in total. The number of nitrogens with zero attached hydrogens (tertiary/aromatic N) is 1. The average molecular weight is 389 g/mol. The number of ketones is 1. The SMILES string of the molecule is C=C(N)c1cc(C)c(N=C(C)C(=O)c2c(Cl)ccc(C=O)c2Cl)c(C)c1. The molecule has 0 aliphatic rings. The van der Waals surface area contributed by atoms with Crippen LogP contribution in [0.2, 0.25) is 10.0 Å². The highest BCUT2D eigenvalue weighted by atomic mass is 35.5. The number of aldehydes is 1. The summed E-state index contributed by atoms with van der Waals surface area (Å²) in [4.78, 5) is 28.3. The first-order valence-corrected chi connectivity index (χ1v) is 8.52. The molecule has 0 saturated carbocycles. The molecule has 0 atom stereocenters. The molecule has 26 heavy (non-hydrogen) atoms. The quantitative estimate of drug-likeness (QED) is 0.427. The third kappa shape index (κ3) is 3.87. The minimum Gasteiger partial charge on any atom is -0.399 e. The van der Waals surface area contributed by atoms with Gasteiger partial charge in [0.2, 0.25) is 5.78 Å². The molecule has 0 amide bonds. The molecule has 2 aromatic rings. The molecule has 2 aromatic carbocycles. The summed E-state index contributed by atoms with van der Waals surface area (Å²) in [6, 6.07) is 6.65. The number of aryl methyl sites for hydroxylation is 2. The average Bonchev–Trinajstić information content (AvgIpc) is 2.57. The van der Waals surface area contributed by atoms with Gasteiger partial charge in [0, 0.05) is 11.3 Å². The summed E-state index contributed by atoms with van der Waals surface area (Å²) < 4.78 is 0. The predicted molar refractivity (Wildman–Crippen MR) is 108 cm³/mol. The molecule has 0 spiro atoms. The van der Waals surface area contributed by atoms with Crippen LogP contribution in [0.5, 0.6) is 0 Å². The molecule has 134 valence electrons. The van der Waals surface area contributed by atoms with Gasteiger partial charge >= 0.3 is 0 Å². The van der Waals surface area contributed by atoms with Crippen molar-refractivity contribution in [1.82, 2.24) is 0 Å².